The first-order valence-corrected chi connectivity index (χ1v) is 6.92. The van der Waals surface area contributed by atoms with E-state index >= 15 is 0 Å². The van der Waals surface area contributed by atoms with Gasteiger partial charge in [0.05, 0.1) is 11.4 Å². The smallest absolute Gasteiger partial charge is 0.142 e. The molecule has 2 heterocycles. The fourth-order valence-electron chi connectivity index (χ4n) is 1.78. The summed E-state index contributed by atoms with van der Waals surface area (Å²) in [6.07, 6.45) is 1.79. The lowest BCUT2D eigenvalue weighted by molar-refractivity contribution is 0.553. The van der Waals surface area contributed by atoms with Crippen LogP contribution in [0.15, 0.2) is 24.4 Å². The number of pyridine rings is 1. The van der Waals surface area contributed by atoms with Gasteiger partial charge in [-0.15, -0.1) is 11.3 Å². The Morgan fingerprint density at radius 3 is 2.44 bits per heavy atom. The van der Waals surface area contributed by atoms with Gasteiger partial charge in [0.25, 0.3) is 0 Å². The summed E-state index contributed by atoms with van der Waals surface area (Å²) < 4.78 is 0. The summed E-state index contributed by atoms with van der Waals surface area (Å²) in [5.74, 6) is 0.372. The van der Waals surface area contributed by atoms with Crippen LogP contribution >= 0.6 is 11.3 Å². The topological polar surface area (TPSA) is 51.8 Å². The van der Waals surface area contributed by atoms with E-state index in [-0.39, 0.29) is 5.54 Å². The van der Waals surface area contributed by atoms with E-state index in [0.29, 0.717) is 5.92 Å². The predicted molar refractivity (Wildman–Crippen MR) is 76.6 cm³/mol. The molecular formula is C14H19N3S. The van der Waals surface area contributed by atoms with Gasteiger partial charge in [0.2, 0.25) is 0 Å². The minimum absolute atomic E-state index is 0.357. The van der Waals surface area contributed by atoms with Crippen LogP contribution in [0.2, 0.25) is 0 Å². The Morgan fingerprint density at radius 1 is 1.28 bits per heavy atom. The van der Waals surface area contributed by atoms with Gasteiger partial charge in [0.1, 0.15) is 5.01 Å². The molecule has 0 atom stereocenters. The number of thiazole rings is 1. The second kappa shape index (κ2) is 4.78. The van der Waals surface area contributed by atoms with E-state index < -0.39 is 0 Å². The zero-order chi connectivity index (χ0) is 13.3. The third kappa shape index (κ3) is 2.60. The van der Waals surface area contributed by atoms with Crippen molar-refractivity contribution in [3.8, 4) is 10.7 Å². The number of hydrogen-bond donors (Lipinski definition) is 1. The fraction of sp³-hybridized carbons (Fsp3) is 0.429. The van der Waals surface area contributed by atoms with Crippen LogP contribution in [-0.4, -0.2) is 9.97 Å². The molecule has 0 saturated heterocycles. The summed E-state index contributed by atoms with van der Waals surface area (Å²) in [6.45, 7) is 8.34. The average molecular weight is 261 g/mol. The molecule has 0 fully saturated rings. The van der Waals surface area contributed by atoms with Crippen molar-refractivity contribution >= 4 is 11.3 Å². The molecular weight excluding hydrogens is 242 g/mol. The summed E-state index contributed by atoms with van der Waals surface area (Å²) >= 11 is 1.65. The van der Waals surface area contributed by atoms with Crippen molar-refractivity contribution in [3.63, 3.8) is 0 Å². The number of nitrogens with two attached hydrogens (primary N) is 1. The minimum atomic E-state index is -0.357. The zero-order valence-electron chi connectivity index (χ0n) is 11.3. The van der Waals surface area contributed by atoms with Gasteiger partial charge in [-0.25, -0.2) is 4.98 Å². The van der Waals surface area contributed by atoms with Crippen molar-refractivity contribution in [1.82, 2.24) is 9.97 Å². The average Bonchev–Trinajstić information content (AvgIpc) is 2.74. The Labute approximate surface area is 112 Å². The molecule has 0 bridgehead atoms. The van der Waals surface area contributed by atoms with E-state index in [1.54, 1.807) is 17.5 Å². The van der Waals surface area contributed by atoms with Crippen molar-refractivity contribution in [3.05, 3.63) is 35.0 Å². The molecule has 96 valence electrons. The lowest BCUT2D eigenvalue weighted by Gasteiger charge is -2.19. The summed E-state index contributed by atoms with van der Waals surface area (Å²) in [5, 5.41) is 0.952. The normalized spacial score (nSPS) is 12.1. The molecule has 0 aliphatic rings. The van der Waals surface area contributed by atoms with Crippen LogP contribution < -0.4 is 5.73 Å². The number of hydrogen-bond acceptors (Lipinski definition) is 4. The van der Waals surface area contributed by atoms with Gasteiger partial charge in [-0.2, -0.15) is 0 Å². The number of rotatable bonds is 3. The standard InChI is InChI=1S/C14H19N3S/c1-9(2)11-12(14(3,4)15)18-13(17-11)10-7-5-6-8-16-10/h5-9H,15H2,1-4H3. The third-order valence-electron chi connectivity index (χ3n) is 2.67. The molecule has 0 aromatic carbocycles. The predicted octanol–water partition coefficient (Wildman–Crippen LogP) is 3.52. The van der Waals surface area contributed by atoms with Gasteiger partial charge in [-0.3, -0.25) is 4.98 Å². The first-order chi connectivity index (χ1) is 8.39. The van der Waals surface area contributed by atoms with E-state index in [1.165, 1.54) is 0 Å². The first-order valence-electron chi connectivity index (χ1n) is 6.11. The zero-order valence-corrected chi connectivity index (χ0v) is 12.1. The van der Waals surface area contributed by atoms with Gasteiger partial charge >= 0.3 is 0 Å². The second-order valence-corrected chi connectivity index (χ2v) is 6.32. The number of nitrogens with zero attached hydrogens (tertiary/aromatic N) is 2. The highest BCUT2D eigenvalue weighted by Gasteiger charge is 2.25. The van der Waals surface area contributed by atoms with E-state index in [4.69, 9.17) is 10.7 Å². The van der Waals surface area contributed by atoms with E-state index in [1.807, 2.05) is 32.0 Å². The summed E-state index contributed by atoms with van der Waals surface area (Å²) in [6, 6.07) is 5.87. The highest BCUT2D eigenvalue weighted by Crippen LogP contribution is 2.36. The van der Waals surface area contributed by atoms with Crippen molar-refractivity contribution in [2.24, 2.45) is 5.73 Å². The molecule has 2 N–H and O–H groups in total. The summed E-state index contributed by atoms with van der Waals surface area (Å²) in [7, 11) is 0. The highest BCUT2D eigenvalue weighted by atomic mass is 32.1. The van der Waals surface area contributed by atoms with Crippen LogP contribution in [0.25, 0.3) is 10.7 Å². The van der Waals surface area contributed by atoms with Crippen molar-refractivity contribution in [2.45, 2.75) is 39.2 Å². The molecule has 0 unspecified atom stereocenters. The van der Waals surface area contributed by atoms with Crippen LogP contribution in [-0.2, 0) is 5.54 Å². The molecule has 2 rings (SSSR count). The van der Waals surface area contributed by atoms with E-state index in [9.17, 15) is 0 Å². The third-order valence-corrected chi connectivity index (χ3v) is 4.10. The Bertz CT molecular complexity index is 524. The molecule has 4 heteroatoms. The molecule has 0 radical (unpaired) electrons. The molecule has 0 aliphatic carbocycles. The monoisotopic (exact) mass is 261 g/mol. The lowest BCUT2D eigenvalue weighted by Crippen LogP contribution is -2.28. The molecule has 3 nitrogen and oxygen atoms in total. The van der Waals surface area contributed by atoms with Gasteiger partial charge in [0, 0.05) is 16.6 Å². The highest BCUT2D eigenvalue weighted by molar-refractivity contribution is 7.15. The quantitative estimate of drug-likeness (QED) is 0.919. The van der Waals surface area contributed by atoms with Gasteiger partial charge < -0.3 is 5.73 Å². The van der Waals surface area contributed by atoms with Crippen LogP contribution in [0, 0.1) is 0 Å². The molecule has 2 aromatic rings. The molecule has 2 aromatic heterocycles. The summed E-state index contributed by atoms with van der Waals surface area (Å²) in [5.41, 5.74) is 7.89. The van der Waals surface area contributed by atoms with Crippen LogP contribution in [0.1, 0.15) is 44.2 Å². The number of aromatic nitrogens is 2. The van der Waals surface area contributed by atoms with E-state index in [2.05, 4.69) is 18.8 Å². The van der Waals surface area contributed by atoms with Crippen LogP contribution in [0.5, 0.6) is 0 Å². The Kier molecular flexibility index (Phi) is 3.50. The molecule has 0 spiro atoms. The second-order valence-electron chi connectivity index (χ2n) is 5.32. The van der Waals surface area contributed by atoms with Gasteiger partial charge in [-0.05, 0) is 31.9 Å². The van der Waals surface area contributed by atoms with Crippen molar-refractivity contribution < 1.29 is 0 Å². The Hall–Kier alpha value is -1.26. The molecule has 0 amide bonds. The molecule has 0 aliphatic heterocycles. The molecule has 0 saturated carbocycles. The maximum Gasteiger partial charge on any atom is 0.142 e. The van der Waals surface area contributed by atoms with E-state index in [0.717, 1.165) is 21.3 Å². The summed E-state index contributed by atoms with van der Waals surface area (Å²) in [4.78, 5) is 10.2. The maximum absolute atomic E-state index is 6.24. The van der Waals surface area contributed by atoms with Crippen LogP contribution in [0.4, 0.5) is 0 Å². The van der Waals surface area contributed by atoms with Crippen LogP contribution in [0.3, 0.4) is 0 Å². The van der Waals surface area contributed by atoms with Crippen molar-refractivity contribution in [1.29, 1.82) is 0 Å². The fourth-order valence-corrected chi connectivity index (χ4v) is 3.00. The van der Waals surface area contributed by atoms with Gasteiger partial charge in [-0.1, -0.05) is 19.9 Å². The lowest BCUT2D eigenvalue weighted by atomic mass is 9.98. The first kappa shape index (κ1) is 13.2. The Morgan fingerprint density at radius 2 is 2.00 bits per heavy atom. The molecule has 18 heavy (non-hydrogen) atoms. The minimum Gasteiger partial charge on any atom is -0.321 e. The Balaban J connectivity index is 2.53. The van der Waals surface area contributed by atoms with Crippen molar-refractivity contribution in [2.75, 3.05) is 0 Å². The maximum atomic E-state index is 6.24. The largest absolute Gasteiger partial charge is 0.321 e. The van der Waals surface area contributed by atoms with Gasteiger partial charge in [0.15, 0.2) is 0 Å². The SMILES string of the molecule is CC(C)c1nc(-c2ccccn2)sc1C(C)(C)N.